The number of nitrogens with zero attached hydrogens (tertiary/aromatic N) is 1. The molecular weight excluding hydrogens is 398 g/mol. The maximum atomic E-state index is 9.42. The van der Waals surface area contributed by atoms with Crippen LogP contribution in [-0.2, 0) is 13.0 Å². The number of aliphatic hydroxyl groups excluding tert-OH is 3. The molecule has 0 unspecified atom stereocenters. The molecule has 0 fully saturated rings. The minimum Gasteiger partial charge on any atom is -1.00 e. The van der Waals surface area contributed by atoms with Crippen LogP contribution in [-0.4, -0.2) is 59.3 Å². The van der Waals surface area contributed by atoms with E-state index in [0.717, 1.165) is 18.9 Å². The third-order valence-corrected chi connectivity index (χ3v) is 6.01. The molecule has 3 N–H and O–H groups in total. The Hall–Kier alpha value is -0.650. The zero-order valence-corrected chi connectivity index (χ0v) is 20.1. The number of halogens is 1. The van der Waals surface area contributed by atoms with Crippen molar-refractivity contribution in [2.24, 2.45) is 5.92 Å². The van der Waals surface area contributed by atoms with Gasteiger partial charge in [-0.25, -0.2) is 0 Å². The third kappa shape index (κ3) is 12.9. The van der Waals surface area contributed by atoms with Gasteiger partial charge in [0, 0.05) is 5.56 Å². The minimum absolute atomic E-state index is 0. The molecule has 0 aromatic heterocycles. The first-order chi connectivity index (χ1) is 14.0. The van der Waals surface area contributed by atoms with Gasteiger partial charge in [-0.3, -0.25) is 0 Å². The molecule has 4 nitrogen and oxygen atoms in total. The van der Waals surface area contributed by atoms with Crippen molar-refractivity contribution in [1.82, 2.24) is 0 Å². The van der Waals surface area contributed by atoms with Crippen LogP contribution in [0.3, 0.4) is 0 Å². The number of hydrogen-bond donors (Lipinski definition) is 3. The molecule has 30 heavy (non-hydrogen) atoms. The monoisotopic (exact) mass is 443 g/mol. The van der Waals surface area contributed by atoms with Crippen molar-refractivity contribution >= 4 is 0 Å². The van der Waals surface area contributed by atoms with E-state index in [9.17, 15) is 15.3 Å². The van der Waals surface area contributed by atoms with Gasteiger partial charge in [-0.05, 0) is 24.3 Å². The lowest BCUT2D eigenvalue weighted by atomic mass is 10.0. The minimum atomic E-state index is 0. The van der Waals surface area contributed by atoms with Gasteiger partial charge >= 0.3 is 0 Å². The molecule has 0 bridgehead atoms. The van der Waals surface area contributed by atoms with E-state index in [2.05, 4.69) is 38.1 Å². The van der Waals surface area contributed by atoms with Gasteiger partial charge in [0.15, 0.2) is 0 Å². The number of rotatable bonds is 18. The molecule has 176 valence electrons. The average Bonchev–Trinajstić information content (AvgIpc) is 2.68. The fourth-order valence-corrected chi connectivity index (χ4v) is 4.17. The number of aliphatic hydroxyl groups is 3. The molecule has 0 aliphatic carbocycles. The Morgan fingerprint density at radius 3 is 1.57 bits per heavy atom. The maximum absolute atomic E-state index is 9.42. The van der Waals surface area contributed by atoms with Gasteiger partial charge in [-0.15, -0.1) is 0 Å². The van der Waals surface area contributed by atoms with E-state index in [1.54, 1.807) is 0 Å². The van der Waals surface area contributed by atoms with Gasteiger partial charge in [-0.2, -0.15) is 0 Å². The highest BCUT2D eigenvalue weighted by Gasteiger charge is 2.26. The van der Waals surface area contributed by atoms with Crippen molar-refractivity contribution in [3.05, 3.63) is 35.4 Å². The van der Waals surface area contributed by atoms with E-state index >= 15 is 0 Å². The summed E-state index contributed by atoms with van der Waals surface area (Å²) in [5, 5.41) is 28.3. The Bertz CT molecular complexity index is 491. The first-order valence-electron chi connectivity index (χ1n) is 11.8. The molecule has 0 amide bonds. The molecule has 0 aliphatic heterocycles. The van der Waals surface area contributed by atoms with E-state index in [1.807, 2.05) is 0 Å². The normalized spacial score (nSPS) is 11.7. The number of hydrogen-bond acceptors (Lipinski definition) is 3. The van der Waals surface area contributed by atoms with Gasteiger partial charge in [-0.1, -0.05) is 83.1 Å². The first kappa shape index (κ1) is 29.4. The van der Waals surface area contributed by atoms with Crippen LogP contribution < -0.4 is 12.4 Å². The standard InChI is InChI=1S/C25H46NO3.ClH/c1-23(2)10-8-6-4-3-5-7-9-11-24-12-14-25(15-13-24)22-26(16-19-27,17-20-28)18-21-29;/h12-15,23,27-29H,3-11,16-22H2,1-2H3;1H/q+1;/p-1. The summed E-state index contributed by atoms with van der Waals surface area (Å²) in [6.45, 7) is 7.21. The SMILES string of the molecule is CC(C)CCCCCCCCCc1ccc(C[N+](CCO)(CCO)CCO)cc1.[Cl-]. The van der Waals surface area contributed by atoms with Crippen molar-refractivity contribution in [2.45, 2.75) is 78.2 Å². The maximum Gasteiger partial charge on any atom is 0.105 e. The van der Waals surface area contributed by atoms with Crippen LogP contribution in [0.15, 0.2) is 24.3 Å². The Labute approximate surface area is 191 Å². The molecule has 1 aromatic rings. The number of aryl methyl sites for hydroxylation is 1. The van der Waals surface area contributed by atoms with Crippen LogP contribution in [0, 0.1) is 5.92 Å². The van der Waals surface area contributed by atoms with Crippen molar-refractivity contribution in [3.8, 4) is 0 Å². The number of benzene rings is 1. The van der Waals surface area contributed by atoms with Crippen LogP contribution in [0.25, 0.3) is 0 Å². The van der Waals surface area contributed by atoms with Crippen LogP contribution in [0.4, 0.5) is 0 Å². The summed E-state index contributed by atoms with van der Waals surface area (Å²) in [5.41, 5.74) is 2.58. The zero-order chi connectivity index (χ0) is 21.4. The molecule has 0 heterocycles. The van der Waals surface area contributed by atoms with Crippen molar-refractivity contribution in [3.63, 3.8) is 0 Å². The Balaban J connectivity index is 0.00000841. The predicted octanol–water partition coefficient (Wildman–Crippen LogP) is 1.30. The first-order valence-corrected chi connectivity index (χ1v) is 11.8. The Morgan fingerprint density at radius 2 is 1.10 bits per heavy atom. The van der Waals surface area contributed by atoms with Crippen LogP contribution in [0.1, 0.15) is 76.3 Å². The number of unbranched alkanes of at least 4 members (excludes halogenated alkanes) is 6. The average molecular weight is 444 g/mol. The smallest absolute Gasteiger partial charge is 0.105 e. The van der Waals surface area contributed by atoms with Crippen LogP contribution in [0.2, 0.25) is 0 Å². The molecule has 1 aromatic carbocycles. The molecule has 0 aliphatic rings. The molecule has 0 radical (unpaired) electrons. The number of quaternary nitrogens is 1. The highest BCUT2D eigenvalue weighted by Crippen LogP contribution is 2.17. The summed E-state index contributed by atoms with van der Waals surface area (Å²) in [4.78, 5) is 0. The summed E-state index contributed by atoms with van der Waals surface area (Å²) >= 11 is 0. The molecule has 0 saturated carbocycles. The van der Waals surface area contributed by atoms with E-state index in [1.165, 1.54) is 62.5 Å². The topological polar surface area (TPSA) is 60.7 Å². The van der Waals surface area contributed by atoms with Crippen molar-refractivity contribution < 1.29 is 32.2 Å². The van der Waals surface area contributed by atoms with Gasteiger partial charge in [0.05, 0.1) is 19.8 Å². The summed E-state index contributed by atoms with van der Waals surface area (Å²) in [6, 6.07) is 8.77. The second-order valence-corrected chi connectivity index (χ2v) is 9.07. The lowest BCUT2D eigenvalue weighted by molar-refractivity contribution is -0.941. The largest absolute Gasteiger partial charge is 1.00 e. The van der Waals surface area contributed by atoms with Crippen molar-refractivity contribution in [1.29, 1.82) is 0 Å². The predicted molar refractivity (Wildman–Crippen MR) is 122 cm³/mol. The van der Waals surface area contributed by atoms with Gasteiger partial charge in [0.1, 0.15) is 26.2 Å². The molecular formula is C25H46ClNO3. The highest BCUT2D eigenvalue weighted by atomic mass is 35.5. The fraction of sp³-hybridized carbons (Fsp3) is 0.760. The fourth-order valence-electron chi connectivity index (χ4n) is 4.17. The Morgan fingerprint density at radius 1 is 0.667 bits per heavy atom. The molecule has 5 heteroatoms. The second kappa shape index (κ2) is 18.0. The second-order valence-electron chi connectivity index (χ2n) is 9.07. The quantitative estimate of drug-likeness (QED) is 0.237. The Kier molecular flexibility index (Phi) is 17.6. The molecule has 0 spiro atoms. The van der Waals surface area contributed by atoms with E-state index in [0.29, 0.717) is 24.1 Å². The summed E-state index contributed by atoms with van der Waals surface area (Å²) in [5.74, 6) is 0.843. The summed E-state index contributed by atoms with van der Waals surface area (Å²) in [7, 11) is 0. The lowest BCUT2D eigenvalue weighted by Crippen LogP contribution is -3.00. The van der Waals surface area contributed by atoms with E-state index < -0.39 is 0 Å². The van der Waals surface area contributed by atoms with E-state index in [-0.39, 0.29) is 32.2 Å². The lowest BCUT2D eigenvalue weighted by Gasteiger charge is -2.37. The molecule has 0 atom stereocenters. The van der Waals surface area contributed by atoms with Gasteiger partial charge < -0.3 is 32.2 Å². The summed E-state index contributed by atoms with van der Waals surface area (Å²) < 4.78 is 0.528. The third-order valence-electron chi connectivity index (χ3n) is 6.01. The van der Waals surface area contributed by atoms with Gasteiger partial charge in [0.25, 0.3) is 0 Å². The highest BCUT2D eigenvalue weighted by molar-refractivity contribution is 5.22. The van der Waals surface area contributed by atoms with Crippen LogP contribution in [0.5, 0.6) is 0 Å². The van der Waals surface area contributed by atoms with Gasteiger partial charge in [0.2, 0.25) is 0 Å². The molecule has 0 saturated heterocycles. The summed E-state index contributed by atoms with van der Waals surface area (Å²) in [6.07, 6.45) is 12.0. The zero-order valence-electron chi connectivity index (χ0n) is 19.4. The van der Waals surface area contributed by atoms with E-state index in [4.69, 9.17) is 0 Å². The van der Waals surface area contributed by atoms with Crippen molar-refractivity contribution in [2.75, 3.05) is 39.5 Å². The molecule has 1 rings (SSSR count). The van der Waals surface area contributed by atoms with Crippen LogP contribution >= 0.6 is 0 Å².